The number of hydrogen-bond acceptors (Lipinski definition) is 24. The summed E-state index contributed by atoms with van der Waals surface area (Å²) in [5.41, 5.74) is 1.83. The zero-order chi connectivity index (χ0) is 103. The molecule has 0 unspecified atom stereocenters. The number of ether oxygens (including phenoxy) is 2. The molecule has 30 atom stereocenters. The quantitative estimate of drug-likeness (QED) is 0.0855. The average molecular weight is 1960 g/mol. The second kappa shape index (κ2) is 49.0. The lowest BCUT2D eigenvalue weighted by atomic mass is 9.46. The molecule has 0 aliphatic heterocycles. The molecule has 0 amide bonds. The normalized spacial score (nSPS) is 39.6. The van der Waals surface area contributed by atoms with Gasteiger partial charge in [-0.25, -0.2) is 0 Å². The minimum Gasteiger partial charge on any atom is -0.468 e. The van der Waals surface area contributed by atoms with E-state index in [2.05, 4.69) is 161 Å². The highest BCUT2D eigenvalue weighted by molar-refractivity contribution is 7.87. The second-order valence-corrected chi connectivity index (χ2v) is 47.0. The van der Waals surface area contributed by atoms with Crippen molar-refractivity contribution < 1.29 is 117 Å². The Labute approximate surface area is 821 Å². The van der Waals surface area contributed by atoms with Gasteiger partial charge in [-0.05, 0) is 346 Å². The molecule has 13 saturated carbocycles. The summed E-state index contributed by atoms with van der Waals surface area (Å²) in [7, 11) is -5.61. The van der Waals surface area contributed by atoms with E-state index in [9.17, 15) is 45.6 Å². The van der Waals surface area contributed by atoms with E-state index in [-0.39, 0.29) is 76.2 Å². The fourth-order valence-electron chi connectivity index (χ4n) is 34.0. The number of Topliss-reactive ketones (excluding diaryl/α,β-unsaturated/α-hetero) is 3. The van der Waals surface area contributed by atoms with Gasteiger partial charge >= 0.3 is 52.5 Å². The van der Waals surface area contributed by atoms with E-state index in [1.165, 1.54) is 133 Å². The van der Waals surface area contributed by atoms with Crippen molar-refractivity contribution >= 4 is 88.5 Å². The first-order valence-corrected chi connectivity index (χ1v) is 52.9. The Morgan fingerprint density at radius 2 is 0.734 bits per heavy atom. The largest absolute Gasteiger partial charge is 0.534 e. The van der Waals surface area contributed by atoms with Crippen LogP contribution >= 0.6 is 0 Å². The van der Waals surface area contributed by atoms with Crippen LogP contribution in [-0.4, -0.2) is 104 Å². The minimum atomic E-state index is -5.61. The molecule has 2 aromatic rings. The summed E-state index contributed by atoms with van der Waals surface area (Å²) < 4.78 is 76.4. The van der Waals surface area contributed by atoms with Crippen LogP contribution in [0, 0.1) is 173 Å². The van der Waals surface area contributed by atoms with Gasteiger partial charge in [-0.15, -0.1) is 0 Å². The SMILES string of the molecule is CC[C@@H]1CC[C@@H]2[C@H](CC[C@]3(C)C(=O)CC[C@@H]23)[C@@]1(C)CC.CC[C@@H]1CC[C@@H]2[C@H](CC[C@]3(C)C(OS(=O)(=O)C(F)(F)F)=CC[C@@H]23)[C@@]1(C)CC.CC[C@@H]1CC[C@@H]2[C@H](CC[C@]3(C)C(c4cccnc4)=CC[C@@H]23)[C@@]1(C)CC.C[C@]1(COC=O)[C@H](COC=O)CC[C@@H]2[C@@H]1CC[C@]1(C)C(=O)CC[C@@H]21.C[C@]12CC(=O)C[C@@H]1CC[C@@H]1[C@@H]2CC[C@]2(C)C(c3cccnc3)=CC[C@@H]12.O=C=O.O=C=O.O=C=O.O=C=O.O=C=O.O=C=O. The number of ketones is 3. The maximum absolute atomic E-state index is 12.8. The number of halogens is 3. The molecular formula is C111H155F3N2O22S. The standard InChI is InChI=1S/C24H35N.C23H29NO.C20H31F3O3S.C19H28O5.C19H32O.6CO2/c1-5-18-9-10-19-21-12-11-20(17-8-7-15-25-16-17)24(21,4)14-13-22(19)23(18,3)6-2;1-22-10-9-21-18(6-5-16-12-17(25)13-23(16,21)2)20(22)8-7-19(22)15-4-3-11-24-14-15;1-5-13-7-8-14-15-9-10-17(26-27(24,25)20(21,22)23)19(15,4)12-11-16(14)18(13,3)6-2;1-18-8-7-16-14(15(18)5-6-17(18)22)4-3-13(9-23-11-20)19(16,2)10-24-12-21;1-5-13-7-8-14-15-9-10-17(20)19(15,4)12-11-16(14)18(13,3)6-2;6*2-1-3/h7-8,11,15-16,18-19,21-22H,5-6,9-10,12-14H2,1-4H3;3-4,7,11,14,16,18,20-21H,5-6,8-10,12-13H2,1-2H3;10,13-16H,5-9,11-12H2,1-4H3;11-16H,3-10H2,1-2H3;13-16H,5-12H2,1-4H3;;;;;;/t18-,19+,21+,22+,23+,24-;16-,18-,20-,21-,22+,23-;13-,14+,15+,16+,18+,19+;13-,14-,15-,16-,18-,19-;13-,14+,15+,16+,18+,19+;;;;;;/m10101....../s1. The first-order chi connectivity index (χ1) is 65.9. The third-order valence-electron chi connectivity index (χ3n) is 41.5. The summed E-state index contributed by atoms with van der Waals surface area (Å²) in [6.07, 6.45) is 56.3. The molecule has 16 aliphatic carbocycles. The number of allylic oxidation sites excluding steroid dienone is 6. The van der Waals surface area contributed by atoms with Gasteiger partial charge in [0.05, 0.1) is 13.2 Å². The average Bonchev–Trinajstić information content (AvgIpc) is 1.57. The third kappa shape index (κ3) is 22.9. The molecule has 768 valence electrons. The van der Waals surface area contributed by atoms with Gasteiger partial charge in [0.1, 0.15) is 23.1 Å². The van der Waals surface area contributed by atoms with Crippen LogP contribution in [0.5, 0.6) is 0 Å². The lowest BCUT2D eigenvalue weighted by Crippen LogP contribution is -2.54. The second-order valence-electron chi connectivity index (χ2n) is 45.5. The molecule has 2 aromatic heterocycles. The highest BCUT2D eigenvalue weighted by Gasteiger charge is 2.66. The zero-order valence-corrected chi connectivity index (χ0v) is 86.0. The Bertz CT molecular complexity index is 4840. The van der Waals surface area contributed by atoms with Gasteiger partial charge in [0.25, 0.3) is 12.9 Å². The number of carbonyl (C=O) groups is 5. The van der Waals surface area contributed by atoms with Crippen LogP contribution in [0.15, 0.2) is 73.0 Å². The van der Waals surface area contributed by atoms with Crippen LogP contribution in [0.25, 0.3) is 11.1 Å². The van der Waals surface area contributed by atoms with Crippen LogP contribution < -0.4 is 0 Å². The fraction of sp³-hybridized carbons (Fsp3) is 0.757. The Balaban J connectivity index is 0.000000204. The summed E-state index contributed by atoms with van der Waals surface area (Å²) in [6.45, 7) is 39.5. The van der Waals surface area contributed by atoms with Crippen molar-refractivity contribution in [2.45, 2.75) is 341 Å². The Morgan fingerprint density at radius 3 is 1.09 bits per heavy atom. The molecule has 0 radical (unpaired) electrons. The van der Waals surface area contributed by atoms with E-state index < -0.39 is 21.0 Å². The molecular weight excluding hydrogens is 1800 g/mol. The Hall–Kier alpha value is -8.71. The van der Waals surface area contributed by atoms with Crippen molar-refractivity contribution in [3.8, 4) is 0 Å². The molecule has 13 fully saturated rings. The summed E-state index contributed by atoms with van der Waals surface area (Å²) >= 11 is 0. The van der Waals surface area contributed by atoms with Crippen molar-refractivity contribution in [1.29, 1.82) is 0 Å². The lowest BCUT2D eigenvalue weighted by Gasteiger charge is -2.59. The van der Waals surface area contributed by atoms with Crippen molar-refractivity contribution in [3.05, 3.63) is 84.2 Å². The Morgan fingerprint density at radius 1 is 0.403 bits per heavy atom. The summed E-state index contributed by atoms with van der Waals surface area (Å²) in [4.78, 5) is 165. The highest BCUT2D eigenvalue weighted by Crippen LogP contribution is 2.72. The first kappa shape index (κ1) is 116. The van der Waals surface area contributed by atoms with Crippen LogP contribution in [0.4, 0.5) is 13.2 Å². The van der Waals surface area contributed by atoms with E-state index in [0.29, 0.717) is 137 Å². The van der Waals surface area contributed by atoms with Crippen molar-refractivity contribution in [1.82, 2.24) is 9.97 Å². The molecule has 139 heavy (non-hydrogen) atoms. The number of rotatable bonds is 16. The van der Waals surface area contributed by atoms with E-state index in [0.717, 1.165) is 143 Å². The first-order valence-electron chi connectivity index (χ1n) is 51.5. The maximum Gasteiger partial charge on any atom is 0.534 e. The highest BCUT2D eigenvalue weighted by atomic mass is 32.2. The maximum atomic E-state index is 12.8. The number of aromatic nitrogens is 2. The van der Waals surface area contributed by atoms with Gasteiger partial charge in [-0.2, -0.15) is 79.1 Å². The number of fused-ring (bicyclic) bond motifs is 17. The fourth-order valence-corrected chi connectivity index (χ4v) is 34.6. The Kier molecular flexibility index (Phi) is 40.8. The minimum absolute atomic E-state index is 0.0130. The van der Waals surface area contributed by atoms with E-state index >= 15 is 0 Å². The lowest BCUT2D eigenvalue weighted by molar-refractivity contribution is -0.193. The van der Waals surface area contributed by atoms with Crippen LogP contribution in [-0.2, 0) is 105 Å². The number of hydrogen-bond donors (Lipinski definition) is 0. The molecule has 0 spiro atoms. The van der Waals surface area contributed by atoms with Gasteiger partial charge in [0.15, 0.2) is 0 Å². The molecule has 24 nitrogen and oxygen atoms in total. The topological polar surface area (TPSA) is 378 Å². The molecule has 0 saturated heterocycles. The molecule has 18 rings (SSSR count). The summed E-state index contributed by atoms with van der Waals surface area (Å²) in [5.74, 6) is 14.9. The predicted octanol–water partition coefficient (Wildman–Crippen LogP) is 22.6. The third-order valence-corrected chi connectivity index (χ3v) is 42.5. The molecule has 2 heterocycles. The number of pyridine rings is 2. The van der Waals surface area contributed by atoms with Gasteiger partial charge < -0.3 is 13.7 Å². The predicted molar refractivity (Wildman–Crippen MR) is 504 cm³/mol. The van der Waals surface area contributed by atoms with Gasteiger partial charge in [0.2, 0.25) is 0 Å². The van der Waals surface area contributed by atoms with Crippen molar-refractivity contribution in [3.63, 3.8) is 0 Å². The van der Waals surface area contributed by atoms with Crippen LogP contribution in [0.2, 0.25) is 0 Å². The molecule has 0 aromatic carbocycles. The van der Waals surface area contributed by atoms with Crippen molar-refractivity contribution in [2.75, 3.05) is 13.2 Å². The number of carbonyl (C=O) groups excluding carboxylic acids is 17. The molecule has 0 N–H and O–H groups in total. The summed E-state index contributed by atoms with van der Waals surface area (Å²) in [5, 5.41) is 0. The molecule has 28 heteroatoms. The van der Waals surface area contributed by atoms with E-state index in [1.54, 1.807) is 17.2 Å². The van der Waals surface area contributed by atoms with E-state index in [1.807, 2.05) is 25.5 Å². The van der Waals surface area contributed by atoms with Gasteiger partial charge in [-0.3, -0.25) is 33.9 Å². The monoisotopic (exact) mass is 1960 g/mol. The number of nitrogens with zero attached hydrogens (tertiary/aromatic N) is 2. The molecule has 0 bridgehead atoms. The molecule has 16 aliphatic rings. The van der Waals surface area contributed by atoms with Crippen molar-refractivity contribution in [2.24, 2.45) is 173 Å². The van der Waals surface area contributed by atoms with Gasteiger partial charge in [0, 0.05) is 78.0 Å². The number of alkyl halides is 3. The van der Waals surface area contributed by atoms with Crippen LogP contribution in [0.3, 0.4) is 0 Å². The van der Waals surface area contributed by atoms with Gasteiger partial charge in [-0.1, -0.05) is 174 Å². The smallest absolute Gasteiger partial charge is 0.468 e. The van der Waals surface area contributed by atoms with E-state index in [4.69, 9.17) is 67.0 Å². The van der Waals surface area contributed by atoms with Crippen LogP contribution in [0.1, 0.15) is 347 Å². The summed E-state index contributed by atoms with van der Waals surface area (Å²) in [6, 6.07) is 8.66. The zero-order valence-electron chi connectivity index (χ0n) is 85.1.